The van der Waals surface area contributed by atoms with E-state index in [1.54, 1.807) is 0 Å². The summed E-state index contributed by atoms with van der Waals surface area (Å²) in [6.07, 6.45) is 2.01. The zero-order valence-electron chi connectivity index (χ0n) is 10.0. The summed E-state index contributed by atoms with van der Waals surface area (Å²) >= 11 is 6.12. The molecule has 0 unspecified atom stereocenters. The molecule has 17 heavy (non-hydrogen) atoms. The van der Waals surface area contributed by atoms with Gasteiger partial charge in [-0.25, -0.2) is 10.8 Å². The van der Waals surface area contributed by atoms with E-state index < -0.39 is 0 Å². The topological polar surface area (TPSA) is 50.9 Å². The van der Waals surface area contributed by atoms with Gasteiger partial charge in [0.1, 0.15) is 5.82 Å². The maximum atomic E-state index is 6.12. The van der Waals surface area contributed by atoms with Crippen molar-refractivity contribution in [1.82, 2.24) is 4.98 Å². The summed E-state index contributed by atoms with van der Waals surface area (Å²) in [7, 11) is 0. The fraction of sp³-hybridized carbons (Fsp3) is 0.308. The van der Waals surface area contributed by atoms with Gasteiger partial charge < -0.3 is 5.43 Å². The number of nitrogens with one attached hydrogen (secondary N) is 1. The average Bonchev–Trinajstić information content (AvgIpc) is 2.31. The number of rotatable bonds is 3. The lowest BCUT2D eigenvalue weighted by molar-refractivity contribution is 0.917. The van der Waals surface area contributed by atoms with Gasteiger partial charge in [0.25, 0.3) is 0 Å². The molecule has 4 heteroatoms. The second-order valence-corrected chi connectivity index (χ2v) is 4.59. The number of fused-ring (bicyclic) bond motifs is 1. The summed E-state index contributed by atoms with van der Waals surface area (Å²) in [5.74, 6) is 6.25. The molecule has 0 saturated carbocycles. The minimum Gasteiger partial charge on any atom is -0.308 e. The number of hydrazine groups is 1. The molecule has 0 atom stereocenters. The molecule has 90 valence electrons. The molecule has 0 saturated heterocycles. The molecular weight excluding hydrogens is 234 g/mol. The summed E-state index contributed by atoms with van der Waals surface area (Å²) in [4.78, 5) is 4.52. The molecule has 1 aromatic heterocycles. The quantitative estimate of drug-likeness (QED) is 0.647. The Morgan fingerprint density at radius 2 is 2.12 bits per heavy atom. The summed E-state index contributed by atoms with van der Waals surface area (Å²) in [5.41, 5.74) is 5.73. The van der Waals surface area contributed by atoms with Crippen molar-refractivity contribution < 1.29 is 0 Å². The van der Waals surface area contributed by atoms with E-state index in [0.717, 1.165) is 45.7 Å². The van der Waals surface area contributed by atoms with Crippen molar-refractivity contribution in [2.75, 3.05) is 5.43 Å². The van der Waals surface area contributed by atoms with E-state index in [4.69, 9.17) is 17.4 Å². The van der Waals surface area contributed by atoms with Crippen molar-refractivity contribution in [1.29, 1.82) is 0 Å². The SMILES string of the molecule is CCCc1cc2cc(Cl)c(C)cc2nc1NN. The van der Waals surface area contributed by atoms with E-state index in [9.17, 15) is 0 Å². The van der Waals surface area contributed by atoms with Crippen LogP contribution >= 0.6 is 11.6 Å². The molecule has 0 aliphatic heterocycles. The standard InChI is InChI=1S/C13H16ClN3/c1-3-4-9-6-10-7-11(14)8(2)5-12(10)16-13(9)17-15/h5-7H,3-4,15H2,1-2H3,(H,16,17). The first-order valence-electron chi connectivity index (χ1n) is 5.72. The van der Waals surface area contributed by atoms with Gasteiger partial charge in [-0.2, -0.15) is 0 Å². The van der Waals surface area contributed by atoms with Gasteiger partial charge >= 0.3 is 0 Å². The third-order valence-corrected chi connectivity index (χ3v) is 3.24. The van der Waals surface area contributed by atoms with E-state index in [2.05, 4.69) is 23.4 Å². The number of hydrogen-bond acceptors (Lipinski definition) is 3. The molecule has 3 nitrogen and oxygen atoms in total. The van der Waals surface area contributed by atoms with Crippen LogP contribution in [0.1, 0.15) is 24.5 Å². The van der Waals surface area contributed by atoms with Gasteiger partial charge in [0, 0.05) is 10.4 Å². The number of aromatic nitrogens is 1. The van der Waals surface area contributed by atoms with Crippen LogP contribution in [0.15, 0.2) is 18.2 Å². The fourth-order valence-corrected chi connectivity index (χ4v) is 2.10. The number of nitrogen functional groups attached to an aromatic ring is 1. The molecule has 0 fully saturated rings. The van der Waals surface area contributed by atoms with E-state index in [1.165, 1.54) is 0 Å². The molecule has 2 rings (SSSR count). The van der Waals surface area contributed by atoms with Gasteiger partial charge in [-0.15, -0.1) is 0 Å². The third kappa shape index (κ3) is 2.35. The van der Waals surface area contributed by atoms with Crippen molar-refractivity contribution in [3.05, 3.63) is 34.3 Å². The number of nitrogens with zero attached hydrogens (tertiary/aromatic N) is 1. The van der Waals surface area contributed by atoms with Crippen LogP contribution < -0.4 is 11.3 Å². The molecule has 1 heterocycles. The Morgan fingerprint density at radius 1 is 1.35 bits per heavy atom. The highest BCUT2D eigenvalue weighted by Gasteiger charge is 2.07. The van der Waals surface area contributed by atoms with Crippen LogP contribution in [0.25, 0.3) is 10.9 Å². The summed E-state index contributed by atoms with van der Waals surface area (Å²) in [6.45, 7) is 4.10. The molecule has 0 aliphatic rings. The molecule has 0 spiro atoms. The highest BCUT2D eigenvalue weighted by molar-refractivity contribution is 6.32. The Morgan fingerprint density at radius 3 is 2.76 bits per heavy atom. The first kappa shape index (κ1) is 12.1. The van der Waals surface area contributed by atoms with Gasteiger partial charge in [-0.3, -0.25) is 0 Å². The summed E-state index contributed by atoms with van der Waals surface area (Å²) < 4.78 is 0. The van der Waals surface area contributed by atoms with Crippen LogP contribution in [-0.4, -0.2) is 4.98 Å². The van der Waals surface area contributed by atoms with Crippen molar-refractivity contribution in [3.8, 4) is 0 Å². The number of pyridine rings is 1. The van der Waals surface area contributed by atoms with Crippen molar-refractivity contribution in [2.24, 2.45) is 5.84 Å². The smallest absolute Gasteiger partial charge is 0.143 e. The number of aryl methyl sites for hydroxylation is 2. The molecule has 1 aromatic carbocycles. The van der Waals surface area contributed by atoms with Gasteiger partial charge in [-0.05, 0) is 42.7 Å². The van der Waals surface area contributed by atoms with Crippen LogP contribution in [0.4, 0.5) is 5.82 Å². The number of halogens is 1. The maximum Gasteiger partial charge on any atom is 0.143 e. The highest BCUT2D eigenvalue weighted by atomic mass is 35.5. The van der Waals surface area contributed by atoms with Gasteiger partial charge in [0.2, 0.25) is 0 Å². The molecule has 0 aliphatic carbocycles. The minimum atomic E-state index is 0.751. The van der Waals surface area contributed by atoms with E-state index in [0.29, 0.717) is 0 Å². The predicted octanol–water partition coefficient (Wildman–Crippen LogP) is 3.43. The molecule has 3 N–H and O–H groups in total. The minimum absolute atomic E-state index is 0.751. The molecular formula is C13H16ClN3. The molecule has 2 aromatic rings. The highest BCUT2D eigenvalue weighted by Crippen LogP contribution is 2.26. The lowest BCUT2D eigenvalue weighted by atomic mass is 10.1. The van der Waals surface area contributed by atoms with Crippen molar-refractivity contribution in [2.45, 2.75) is 26.7 Å². The maximum absolute atomic E-state index is 6.12. The summed E-state index contributed by atoms with van der Waals surface area (Å²) in [5, 5.41) is 1.83. The molecule has 0 amide bonds. The summed E-state index contributed by atoms with van der Waals surface area (Å²) in [6, 6.07) is 6.04. The average molecular weight is 250 g/mol. The Hall–Kier alpha value is -1.32. The van der Waals surface area contributed by atoms with E-state index in [1.807, 2.05) is 19.1 Å². The van der Waals surface area contributed by atoms with Crippen LogP contribution in [-0.2, 0) is 6.42 Å². The second-order valence-electron chi connectivity index (χ2n) is 4.18. The second kappa shape index (κ2) is 4.90. The zero-order valence-corrected chi connectivity index (χ0v) is 10.8. The predicted molar refractivity (Wildman–Crippen MR) is 73.3 cm³/mol. The largest absolute Gasteiger partial charge is 0.308 e. The zero-order chi connectivity index (χ0) is 12.4. The first-order valence-corrected chi connectivity index (χ1v) is 6.10. The Kier molecular flexibility index (Phi) is 3.50. The number of nitrogens with two attached hydrogens (primary N) is 1. The number of benzene rings is 1. The van der Waals surface area contributed by atoms with E-state index in [-0.39, 0.29) is 0 Å². The van der Waals surface area contributed by atoms with Crippen molar-refractivity contribution >= 4 is 28.3 Å². The Balaban J connectivity index is 2.65. The Bertz CT molecular complexity index is 552. The van der Waals surface area contributed by atoms with Gasteiger partial charge in [0.05, 0.1) is 5.52 Å². The molecule has 0 radical (unpaired) electrons. The number of hydrogen-bond donors (Lipinski definition) is 2. The van der Waals surface area contributed by atoms with Crippen LogP contribution in [0.5, 0.6) is 0 Å². The first-order chi connectivity index (χ1) is 8.15. The lowest BCUT2D eigenvalue weighted by Crippen LogP contribution is -2.11. The van der Waals surface area contributed by atoms with Crippen LogP contribution in [0.3, 0.4) is 0 Å². The monoisotopic (exact) mass is 249 g/mol. The normalized spacial score (nSPS) is 10.8. The van der Waals surface area contributed by atoms with Crippen molar-refractivity contribution in [3.63, 3.8) is 0 Å². The van der Waals surface area contributed by atoms with Gasteiger partial charge in [0.15, 0.2) is 0 Å². The molecule has 0 bridgehead atoms. The third-order valence-electron chi connectivity index (χ3n) is 2.83. The fourth-order valence-electron chi connectivity index (χ4n) is 1.93. The Labute approximate surface area is 106 Å². The van der Waals surface area contributed by atoms with E-state index >= 15 is 0 Å². The number of anilines is 1. The van der Waals surface area contributed by atoms with Crippen LogP contribution in [0.2, 0.25) is 5.02 Å². The van der Waals surface area contributed by atoms with Crippen LogP contribution in [0, 0.1) is 6.92 Å². The van der Waals surface area contributed by atoms with Gasteiger partial charge in [-0.1, -0.05) is 24.9 Å². The lowest BCUT2D eigenvalue weighted by Gasteiger charge is -2.10.